The largest absolute Gasteiger partial charge is 0.384 e. The SMILES string of the molecule is Cc1cc(C)cc(Cn2ncc(C)c2N)c1. The van der Waals surface area contributed by atoms with Gasteiger partial charge in [0.1, 0.15) is 5.82 Å². The minimum Gasteiger partial charge on any atom is -0.384 e. The summed E-state index contributed by atoms with van der Waals surface area (Å²) in [5, 5.41) is 4.26. The highest BCUT2D eigenvalue weighted by atomic mass is 15.3. The second-order valence-electron chi connectivity index (χ2n) is 4.37. The average molecular weight is 215 g/mol. The van der Waals surface area contributed by atoms with Crippen molar-refractivity contribution in [1.82, 2.24) is 9.78 Å². The van der Waals surface area contributed by atoms with Crippen LogP contribution in [-0.4, -0.2) is 9.78 Å². The Kier molecular flexibility index (Phi) is 2.69. The van der Waals surface area contributed by atoms with Gasteiger partial charge in [-0.15, -0.1) is 0 Å². The Morgan fingerprint density at radius 3 is 2.25 bits per heavy atom. The summed E-state index contributed by atoms with van der Waals surface area (Å²) < 4.78 is 1.84. The number of nitrogens with two attached hydrogens (primary N) is 1. The van der Waals surface area contributed by atoms with Crippen LogP contribution in [0.4, 0.5) is 5.82 Å². The molecule has 0 fully saturated rings. The number of hydrogen-bond acceptors (Lipinski definition) is 2. The van der Waals surface area contributed by atoms with Gasteiger partial charge in [-0.2, -0.15) is 5.10 Å². The maximum Gasteiger partial charge on any atom is 0.124 e. The summed E-state index contributed by atoms with van der Waals surface area (Å²) in [5.74, 6) is 0.749. The van der Waals surface area contributed by atoms with Gasteiger partial charge in [0.05, 0.1) is 12.7 Å². The van der Waals surface area contributed by atoms with E-state index in [1.165, 1.54) is 16.7 Å². The Hall–Kier alpha value is -1.77. The molecule has 0 atom stereocenters. The lowest BCUT2D eigenvalue weighted by Crippen LogP contribution is -2.06. The molecule has 3 nitrogen and oxygen atoms in total. The highest BCUT2D eigenvalue weighted by Crippen LogP contribution is 2.14. The Morgan fingerprint density at radius 1 is 1.12 bits per heavy atom. The molecule has 3 heteroatoms. The molecule has 0 amide bonds. The standard InChI is InChI=1S/C13H17N3/c1-9-4-10(2)6-12(5-9)8-16-13(14)11(3)7-15-16/h4-7H,8,14H2,1-3H3. The van der Waals surface area contributed by atoms with Gasteiger partial charge in [-0.25, -0.2) is 4.68 Å². The van der Waals surface area contributed by atoms with Crippen molar-refractivity contribution in [2.75, 3.05) is 5.73 Å². The normalized spacial score (nSPS) is 10.7. The second kappa shape index (κ2) is 4.00. The zero-order valence-electron chi connectivity index (χ0n) is 9.99. The number of hydrogen-bond donors (Lipinski definition) is 1. The van der Waals surface area contributed by atoms with Crippen molar-refractivity contribution < 1.29 is 0 Å². The summed E-state index contributed by atoms with van der Waals surface area (Å²) in [5.41, 5.74) is 10.8. The quantitative estimate of drug-likeness (QED) is 0.836. The molecule has 2 rings (SSSR count). The van der Waals surface area contributed by atoms with Crippen LogP contribution in [0.3, 0.4) is 0 Å². The third-order valence-electron chi connectivity index (χ3n) is 2.69. The van der Waals surface area contributed by atoms with Crippen LogP contribution < -0.4 is 5.73 Å². The van der Waals surface area contributed by atoms with Crippen LogP contribution in [0, 0.1) is 20.8 Å². The maximum atomic E-state index is 5.93. The van der Waals surface area contributed by atoms with Crippen LogP contribution >= 0.6 is 0 Å². The molecule has 1 aromatic carbocycles. The van der Waals surface area contributed by atoms with Gasteiger partial charge in [-0.1, -0.05) is 29.3 Å². The molecule has 2 aromatic rings. The Labute approximate surface area is 95.9 Å². The van der Waals surface area contributed by atoms with Gasteiger partial charge in [0.15, 0.2) is 0 Å². The Balaban J connectivity index is 2.30. The fourth-order valence-electron chi connectivity index (χ4n) is 1.95. The summed E-state index contributed by atoms with van der Waals surface area (Å²) in [6.07, 6.45) is 1.80. The summed E-state index contributed by atoms with van der Waals surface area (Å²) in [6, 6.07) is 6.51. The fourth-order valence-corrected chi connectivity index (χ4v) is 1.95. The third-order valence-corrected chi connectivity index (χ3v) is 2.69. The number of anilines is 1. The molecule has 1 heterocycles. The van der Waals surface area contributed by atoms with Crippen molar-refractivity contribution in [3.05, 3.63) is 46.6 Å². The summed E-state index contributed by atoms with van der Waals surface area (Å²) in [7, 11) is 0. The zero-order chi connectivity index (χ0) is 11.7. The number of nitrogens with zero attached hydrogens (tertiary/aromatic N) is 2. The molecule has 0 radical (unpaired) electrons. The minimum atomic E-state index is 0.738. The van der Waals surface area contributed by atoms with E-state index in [2.05, 4.69) is 37.1 Å². The van der Waals surface area contributed by atoms with Gasteiger partial charge < -0.3 is 5.73 Å². The Morgan fingerprint density at radius 2 is 1.75 bits per heavy atom. The van der Waals surface area contributed by atoms with Crippen LogP contribution in [0.5, 0.6) is 0 Å². The fraction of sp³-hybridized carbons (Fsp3) is 0.308. The van der Waals surface area contributed by atoms with Gasteiger partial charge in [-0.05, 0) is 26.3 Å². The minimum absolute atomic E-state index is 0.738. The average Bonchev–Trinajstić information content (AvgIpc) is 2.48. The first-order chi connectivity index (χ1) is 7.56. The zero-order valence-corrected chi connectivity index (χ0v) is 9.99. The molecule has 1 aromatic heterocycles. The van der Waals surface area contributed by atoms with Crippen molar-refractivity contribution in [2.45, 2.75) is 27.3 Å². The molecule has 0 bridgehead atoms. The van der Waals surface area contributed by atoms with Gasteiger partial charge in [0.2, 0.25) is 0 Å². The molecule has 0 saturated heterocycles. The molecule has 0 spiro atoms. The van der Waals surface area contributed by atoms with Gasteiger partial charge in [0.25, 0.3) is 0 Å². The lowest BCUT2D eigenvalue weighted by atomic mass is 10.1. The predicted octanol–water partition coefficient (Wildman–Crippen LogP) is 2.44. The van der Waals surface area contributed by atoms with Crippen molar-refractivity contribution in [3.63, 3.8) is 0 Å². The maximum absolute atomic E-state index is 5.93. The Bertz CT molecular complexity index is 492. The summed E-state index contributed by atoms with van der Waals surface area (Å²) >= 11 is 0. The van der Waals surface area contributed by atoms with Crippen LogP contribution in [-0.2, 0) is 6.54 Å². The third kappa shape index (κ3) is 2.08. The van der Waals surface area contributed by atoms with E-state index >= 15 is 0 Å². The van der Waals surface area contributed by atoms with Crippen molar-refractivity contribution in [3.8, 4) is 0 Å². The molecule has 0 unspecified atom stereocenters. The summed E-state index contributed by atoms with van der Waals surface area (Å²) in [6.45, 7) is 6.92. The number of rotatable bonds is 2. The molecule has 0 aliphatic carbocycles. The number of aromatic nitrogens is 2. The van der Waals surface area contributed by atoms with Crippen molar-refractivity contribution >= 4 is 5.82 Å². The lowest BCUT2D eigenvalue weighted by Gasteiger charge is -2.07. The van der Waals surface area contributed by atoms with Crippen molar-refractivity contribution in [2.24, 2.45) is 0 Å². The van der Waals surface area contributed by atoms with E-state index in [1.54, 1.807) is 6.20 Å². The van der Waals surface area contributed by atoms with Crippen LogP contribution in [0.15, 0.2) is 24.4 Å². The number of aryl methyl sites for hydroxylation is 3. The molecule has 16 heavy (non-hydrogen) atoms. The van der Waals surface area contributed by atoms with E-state index in [0.29, 0.717) is 0 Å². The first-order valence-corrected chi connectivity index (χ1v) is 5.41. The molecule has 84 valence electrons. The van der Waals surface area contributed by atoms with E-state index in [-0.39, 0.29) is 0 Å². The van der Waals surface area contributed by atoms with Gasteiger partial charge in [-0.3, -0.25) is 0 Å². The van der Waals surface area contributed by atoms with E-state index in [4.69, 9.17) is 5.73 Å². The van der Waals surface area contributed by atoms with E-state index < -0.39 is 0 Å². The van der Waals surface area contributed by atoms with E-state index in [9.17, 15) is 0 Å². The van der Waals surface area contributed by atoms with Crippen LogP contribution in [0.2, 0.25) is 0 Å². The molecular weight excluding hydrogens is 198 g/mol. The molecule has 2 N–H and O–H groups in total. The first kappa shape index (κ1) is 10.7. The number of nitrogen functional groups attached to an aromatic ring is 1. The molecule has 0 saturated carbocycles. The monoisotopic (exact) mass is 215 g/mol. The van der Waals surface area contributed by atoms with Gasteiger partial charge >= 0.3 is 0 Å². The molecule has 0 aliphatic rings. The topological polar surface area (TPSA) is 43.8 Å². The number of benzene rings is 1. The van der Waals surface area contributed by atoms with Gasteiger partial charge in [0, 0.05) is 5.56 Å². The van der Waals surface area contributed by atoms with E-state index in [1.807, 2.05) is 11.6 Å². The molecular formula is C13H17N3. The highest BCUT2D eigenvalue weighted by Gasteiger charge is 2.04. The smallest absolute Gasteiger partial charge is 0.124 e. The van der Waals surface area contributed by atoms with E-state index in [0.717, 1.165) is 17.9 Å². The van der Waals surface area contributed by atoms with Crippen LogP contribution in [0.25, 0.3) is 0 Å². The van der Waals surface area contributed by atoms with Crippen molar-refractivity contribution in [1.29, 1.82) is 0 Å². The molecule has 0 aliphatic heterocycles. The predicted molar refractivity (Wildman–Crippen MR) is 66.4 cm³/mol. The lowest BCUT2D eigenvalue weighted by molar-refractivity contribution is 0.696. The summed E-state index contributed by atoms with van der Waals surface area (Å²) in [4.78, 5) is 0. The van der Waals surface area contributed by atoms with Crippen LogP contribution in [0.1, 0.15) is 22.3 Å². The highest BCUT2D eigenvalue weighted by molar-refractivity contribution is 5.38. The second-order valence-corrected chi connectivity index (χ2v) is 4.37. The first-order valence-electron chi connectivity index (χ1n) is 5.41.